The fourth-order valence-corrected chi connectivity index (χ4v) is 4.09. The van der Waals surface area contributed by atoms with Crippen LogP contribution in [0.3, 0.4) is 0 Å². The van der Waals surface area contributed by atoms with Crippen LogP contribution in [0, 0.1) is 0 Å². The van der Waals surface area contributed by atoms with Crippen LogP contribution in [0.4, 0.5) is 5.69 Å². The summed E-state index contributed by atoms with van der Waals surface area (Å²) in [6, 6.07) is 16.8. The van der Waals surface area contributed by atoms with Crippen molar-refractivity contribution < 1.29 is 9.53 Å². The zero-order valence-electron chi connectivity index (χ0n) is 16.5. The quantitative estimate of drug-likeness (QED) is 0.417. The molecule has 0 radical (unpaired) electrons. The van der Waals surface area contributed by atoms with Gasteiger partial charge >= 0.3 is 0 Å². The van der Waals surface area contributed by atoms with Crippen LogP contribution in [0.1, 0.15) is 11.1 Å². The molecule has 1 fully saturated rings. The number of pyridine rings is 1. The second-order valence-corrected chi connectivity index (χ2v) is 8.50. The molecule has 0 N–H and O–H groups in total. The standard InChI is InChI=1S/C23H17Cl2N3O2S/c1-28-22(29)21(31-23(28)27-19-10-11-26-13-18(19)25)12-16-4-2-3-5-20(16)30-14-15-6-8-17(24)9-7-15/h2-13H,14H2,1H3/b21-12-,27-23?. The first kappa shape index (κ1) is 21.4. The summed E-state index contributed by atoms with van der Waals surface area (Å²) in [7, 11) is 1.69. The number of aliphatic imine (C=N–C) groups is 1. The highest BCUT2D eigenvalue weighted by Gasteiger charge is 2.30. The molecule has 0 aliphatic carbocycles. The number of benzene rings is 2. The molecule has 0 spiro atoms. The summed E-state index contributed by atoms with van der Waals surface area (Å²) in [5.41, 5.74) is 2.37. The van der Waals surface area contributed by atoms with Gasteiger partial charge in [0.15, 0.2) is 5.17 Å². The van der Waals surface area contributed by atoms with Gasteiger partial charge in [-0.3, -0.25) is 14.7 Å². The molecule has 5 nitrogen and oxygen atoms in total. The maximum atomic E-state index is 12.8. The molecule has 1 amide bonds. The van der Waals surface area contributed by atoms with E-state index >= 15 is 0 Å². The van der Waals surface area contributed by atoms with Crippen molar-refractivity contribution in [3.8, 4) is 5.75 Å². The van der Waals surface area contributed by atoms with Crippen LogP contribution in [0.25, 0.3) is 6.08 Å². The van der Waals surface area contributed by atoms with Crippen molar-refractivity contribution >= 4 is 57.8 Å². The van der Waals surface area contributed by atoms with Gasteiger partial charge in [0.05, 0.1) is 15.6 Å². The Bertz CT molecular complexity index is 1180. The van der Waals surface area contributed by atoms with Gasteiger partial charge in [-0.1, -0.05) is 53.5 Å². The van der Waals surface area contributed by atoms with Crippen LogP contribution >= 0.6 is 35.0 Å². The van der Waals surface area contributed by atoms with Gasteiger partial charge in [0.25, 0.3) is 5.91 Å². The number of rotatable bonds is 5. The molecular formula is C23H17Cl2N3O2S. The van der Waals surface area contributed by atoms with E-state index in [0.29, 0.717) is 38.2 Å². The minimum atomic E-state index is -0.138. The Morgan fingerprint density at radius 2 is 1.90 bits per heavy atom. The lowest BCUT2D eigenvalue weighted by Gasteiger charge is -2.10. The monoisotopic (exact) mass is 469 g/mol. The summed E-state index contributed by atoms with van der Waals surface area (Å²) in [5, 5.41) is 1.65. The molecule has 1 saturated heterocycles. The lowest BCUT2D eigenvalue weighted by Crippen LogP contribution is -2.23. The van der Waals surface area contributed by atoms with E-state index in [-0.39, 0.29) is 5.91 Å². The molecule has 2 heterocycles. The maximum Gasteiger partial charge on any atom is 0.266 e. The number of likely N-dealkylation sites (N-methyl/N-ethyl adjacent to an activating group) is 1. The minimum Gasteiger partial charge on any atom is -0.488 e. The van der Waals surface area contributed by atoms with Gasteiger partial charge in [0.2, 0.25) is 0 Å². The molecule has 0 unspecified atom stereocenters. The van der Waals surface area contributed by atoms with Crippen molar-refractivity contribution in [1.82, 2.24) is 9.88 Å². The van der Waals surface area contributed by atoms with E-state index in [1.807, 2.05) is 54.6 Å². The summed E-state index contributed by atoms with van der Waals surface area (Å²) < 4.78 is 6.00. The van der Waals surface area contributed by atoms with Gasteiger partial charge in [0, 0.05) is 30.0 Å². The number of ether oxygens (including phenoxy) is 1. The Morgan fingerprint density at radius 3 is 2.68 bits per heavy atom. The number of aromatic nitrogens is 1. The summed E-state index contributed by atoms with van der Waals surface area (Å²) >= 11 is 13.4. The van der Waals surface area contributed by atoms with Crippen molar-refractivity contribution in [3.05, 3.63) is 93.1 Å². The van der Waals surface area contributed by atoms with Crippen molar-refractivity contribution in [2.75, 3.05) is 7.05 Å². The highest BCUT2D eigenvalue weighted by molar-refractivity contribution is 8.18. The third kappa shape index (κ3) is 5.10. The largest absolute Gasteiger partial charge is 0.488 e. The van der Waals surface area contributed by atoms with E-state index < -0.39 is 0 Å². The number of halogens is 2. The summed E-state index contributed by atoms with van der Waals surface area (Å²) in [4.78, 5) is 23.3. The zero-order valence-corrected chi connectivity index (χ0v) is 18.8. The SMILES string of the molecule is CN1C(=O)/C(=C/c2ccccc2OCc2ccc(Cl)cc2)SC1=Nc1ccncc1Cl. The fourth-order valence-electron chi connectivity index (χ4n) is 2.83. The van der Waals surface area contributed by atoms with E-state index in [1.165, 1.54) is 22.9 Å². The van der Waals surface area contributed by atoms with Gasteiger partial charge in [-0.25, -0.2) is 4.99 Å². The Morgan fingerprint density at radius 1 is 1.13 bits per heavy atom. The second-order valence-electron chi connectivity index (χ2n) is 6.65. The third-order valence-corrected chi connectivity index (χ3v) is 6.09. The molecule has 156 valence electrons. The Balaban J connectivity index is 1.56. The van der Waals surface area contributed by atoms with Crippen LogP contribution in [0.15, 0.2) is 76.9 Å². The average molecular weight is 470 g/mol. The van der Waals surface area contributed by atoms with Crippen LogP contribution in [0.2, 0.25) is 10.0 Å². The summed E-state index contributed by atoms with van der Waals surface area (Å²) in [6.45, 7) is 0.394. The summed E-state index contributed by atoms with van der Waals surface area (Å²) in [6.07, 6.45) is 4.95. The minimum absolute atomic E-state index is 0.138. The van der Waals surface area contributed by atoms with Gasteiger partial charge in [-0.15, -0.1) is 0 Å². The first-order valence-corrected chi connectivity index (χ1v) is 10.9. The average Bonchev–Trinajstić information content (AvgIpc) is 3.03. The number of amides is 1. The Hall–Kier alpha value is -2.80. The van der Waals surface area contributed by atoms with Crippen LogP contribution in [0.5, 0.6) is 5.75 Å². The number of thioether (sulfide) groups is 1. The van der Waals surface area contributed by atoms with E-state index in [0.717, 1.165) is 11.1 Å². The number of amidine groups is 1. The first-order valence-electron chi connectivity index (χ1n) is 9.33. The molecule has 3 aromatic rings. The number of para-hydroxylation sites is 1. The van der Waals surface area contributed by atoms with Crippen molar-refractivity contribution in [3.63, 3.8) is 0 Å². The molecular weight excluding hydrogens is 453 g/mol. The lowest BCUT2D eigenvalue weighted by atomic mass is 10.2. The van der Waals surface area contributed by atoms with Crippen molar-refractivity contribution in [2.24, 2.45) is 4.99 Å². The van der Waals surface area contributed by atoms with E-state index in [2.05, 4.69) is 9.98 Å². The molecule has 0 atom stereocenters. The van der Waals surface area contributed by atoms with E-state index in [4.69, 9.17) is 27.9 Å². The topological polar surface area (TPSA) is 54.8 Å². The molecule has 1 aliphatic heterocycles. The lowest BCUT2D eigenvalue weighted by molar-refractivity contribution is -0.121. The predicted molar refractivity (Wildman–Crippen MR) is 127 cm³/mol. The van der Waals surface area contributed by atoms with Gasteiger partial charge in [0.1, 0.15) is 12.4 Å². The van der Waals surface area contributed by atoms with Crippen LogP contribution in [-0.2, 0) is 11.4 Å². The third-order valence-electron chi connectivity index (χ3n) is 4.48. The molecule has 31 heavy (non-hydrogen) atoms. The second kappa shape index (κ2) is 9.56. The number of carbonyl (C=O) groups excluding carboxylic acids is 1. The van der Waals surface area contributed by atoms with Crippen molar-refractivity contribution in [1.29, 1.82) is 0 Å². The molecule has 0 saturated carbocycles. The zero-order chi connectivity index (χ0) is 21.8. The van der Waals surface area contributed by atoms with E-state index in [9.17, 15) is 4.79 Å². The smallest absolute Gasteiger partial charge is 0.266 e. The number of hydrogen-bond donors (Lipinski definition) is 0. The molecule has 8 heteroatoms. The number of carbonyl (C=O) groups is 1. The highest BCUT2D eigenvalue weighted by Crippen LogP contribution is 2.35. The van der Waals surface area contributed by atoms with Crippen molar-refractivity contribution in [2.45, 2.75) is 6.61 Å². The number of hydrogen-bond acceptors (Lipinski definition) is 5. The molecule has 1 aromatic heterocycles. The fraction of sp³-hybridized carbons (Fsp3) is 0.0870. The molecule has 1 aliphatic rings. The summed E-state index contributed by atoms with van der Waals surface area (Å²) in [5.74, 6) is 0.546. The molecule has 0 bridgehead atoms. The van der Waals surface area contributed by atoms with Crippen LogP contribution in [-0.4, -0.2) is 28.0 Å². The van der Waals surface area contributed by atoms with Gasteiger partial charge in [-0.2, -0.15) is 0 Å². The van der Waals surface area contributed by atoms with E-state index in [1.54, 1.807) is 19.3 Å². The van der Waals surface area contributed by atoms with Gasteiger partial charge < -0.3 is 4.74 Å². The number of nitrogens with zero attached hydrogens (tertiary/aromatic N) is 3. The Kier molecular flexibility index (Phi) is 6.61. The Labute approximate surface area is 194 Å². The normalized spacial score (nSPS) is 16.4. The predicted octanol–water partition coefficient (Wildman–Crippen LogP) is 6.20. The van der Waals surface area contributed by atoms with Crippen LogP contribution < -0.4 is 4.74 Å². The van der Waals surface area contributed by atoms with Gasteiger partial charge in [-0.05, 0) is 47.7 Å². The first-order chi connectivity index (χ1) is 15.0. The maximum absolute atomic E-state index is 12.8. The molecule has 4 rings (SSSR count). The molecule has 2 aromatic carbocycles. The highest BCUT2D eigenvalue weighted by atomic mass is 35.5.